The molecule has 1 N–H and O–H groups in total. The van der Waals surface area contributed by atoms with Gasteiger partial charge in [0.05, 0.1) is 0 Å². The zero-order valence-electron chi connectivity index (χ0n) is 23.1. The van der Waals surface area contributed by atoms with E-state index in [0.29, 0.717) is 18.8 Å². The fraction of sp³-hybridized carbons (Fsp3) is 0.406. The first kappa shape index (κ1) is 29.5. The van der Waals surface area contributed by atoms with Crippen molar-refractivity contribution in [1.82, 2.24) is 10.3 Å². The Hall–Kier alpha value is -3.02. The number of rotatable bonds is 7. The molecule has 0 radical (unpaired) electrons. The molecule has 0 saturated carbocycles. The minimum absolute atomic E-state index is 0.0136. The Balaban J connectivity index is 0.000000505. The smallest absolute Gasteiger partial charge is 0.293 e. The van der Waals surface area contributed by atoms with Gasteiger partial charge in [0.25, 0.3) is 6.47 Å². The van der Waals surface area contributed by atoms with Crippen molar-refractivity contribution in [3.8, 4) is 0 Å². The van der Waals surface area contributed by atoms with Crippen LogP contribution in [0.3, 0.4) is 0 Å². The Morgan fingerprint density at radius 2 is 1.76 bits per heavy atom. The van der Waals surface area contributed by atoms with E-state index in [1.54, 1.807) is 12.3 Å². The molecule has 4 rings (SSSR count). The Labute approximate surface area is 232 Å². The van der Waals surface area contributed by atoms with Gasteiger partial charge in [-0.25, -0.2) is 0 Å². The van der Waals surface area contributed by atoms with Gasteiger partial charge in [-0.3, -0.25) is 14.6 Å². The maximum Gasteiger partial charge on any atom is 0.293 e. The van der Waals surface area contributed by atoms with Crippen LogP contribution in [0.5, 0.6) is 0 Å². The molecule has 0 bridgehead atoms. The van der Waals surface area contributed by atoms with Crippen molar-refractivity contribution in [2.45, 2.75) is 71.3 Å². The monoisotopic (exact) mass is 534 g/mol. The molecule has 3 aromatic rings. The second kappa shape index (κ2) is 13.7. The summed E-state index contributed by atoms with van der Waals surface area (Å²) in [4.78, 5) is 27.0. The van der Waals surface area contributed by atoms with Crippen LogP contribution in [0.1, 0.15) is 90.2 Å². The van der Waals surface area contributed by atoms with E-state index in [4.69, 9.17) is 11.6 Å². The van der Waals surface area contributed by atoms with Crippen LogP contribution < -0.4 is 5.32 Å². The van der Waals surface area contributed by atoms with Gasteiger partial charge in [0.15, 0.2) is 5.78 Å². The number of hydrogen-bond donors (Lipinski definition) is 1. The predicted molar refractivity (Wildman–Crippen MR) is 154 cm³/mol. The molecular weight excluding hydrogens is 496 g/mol. The number of ether oxygens (including phenoxy) is 1. The maximum atomic E-state index is 13.2. The van der Waals surface area contributed by atoms with Crippen molar-refractivity contribution in [1.29, 1.82) is 0 Å². The molecule has 1 aliphatic rings. The van der Waals surface area contributed by atoms with Gasteiger partial charge in [0, 0.05) is 34.8 Å². The lowest BCUT2D eigenvalue weighted by atomic mass is 9.82. The Morgan fingerprint density at radius 3 is 2.32 bits per heavy atom. The molecule has 1 fully saturated rings. The van der Waals surface area contributed by atoms with Gasteiger partial charge < -0.3 is 10.1 Å². The summed E-state index contributed by atoms with van der Waals surface area (Å²) in [6.07, 6.45) is 4.48. The van der Waals surface area contributed by atoms with Crippen LogP contribution in [0.25, 0.3) is 0 Å². The van der Waals surface area contributed by atoms with Gasteiger partial charge in [-0.05, 0) is 113 Å². The average Bonchev–Trinajstić information content (AvgIpc) is 2.88. The molecule has 1 saturated heterocycles. The van der Waals surface area contributed by atoms with Crippen molar-refractivity contribution < 1.29 is 14.3 Å². The number of halogens is 1. The summed E-state index contributed by atoms with van der Waals surface area (Å²) in [6, 6.07) is 18.6. The van der Waals surface area contributed by atoms with E-state index in [9.17, 15) is 9.59 Å². The zero-order chi connectivity index (χ0) is 27.7. The third-order valence-electron chi connectivity index (χ3n) is 6.77. The number of nitrogens with one attached hydrogen (secondary N) is 1. The second-order valence-corrected chi connectivity index (χ2v) is 11.3. The number of nitrogens with zero attached hydrogens (tertiary/aromatic N) is 1. The molecule has 1 unspecified atom stereocenters. The topological polar surface area (TPSA) is 68.3 Å². The van der Waals surface area contributed by atoms with Crippen LogP contribution in [0.15, 0.2) is 60.8 Å². The number of benzene rings is 2. The fourth-order valence-corrected chi connectivity index (χ4v) is 4.99. The average molecular weight is 535 g/mol. The highest BCUT2D eigenvalue weighted by Gasteiger charge is 2.22. The molecule has 0 amide bonds. The second-order valence-electron chi connectivity index (χ2n) is 10.9. The van der Waals surface area contributed by atoms with E-state index in [1.807, 2.05) is 45.9 Å². The molecule has 38 heavy (non-hydrogen) atoms. The van der Waals surface area contributed by atoms with Crippen LogP contribution in [0.2, 0.25) is 5.02 Å². The van der Waals surface area contributed by atoms with Crippen LogP contribution in [0.4, 0.5) is 0 Å². The molecule has 0 aliphatic carbocycles. The number of piperidine rings is 1. The molecule has 1 aromatic heterocycles. The summed E-state index contributed by atoms with van der Waals surface area (Å²) in [6.45, 7) is 12.1. The maximum absolute atomic E-state index is 13.2. The van der Waals surface area contributed by atoms with Gasteiger partial charge >= 0.3 is 0 Å². The van der Waals surface area contributed by atoms with Gasteiger partial charge in [0.1, 0.15) is 5.60 Å². The highest BCUT2D eigenvalue weighted by Crippen LogP contribution is 2.34. The Morgan fingerprint density at radius 1 is 1.08 bits per heavy atom. The summed E-state index contributed by atoms with van der Waals surface area (Å²) in [5, 5.41) is 4.15. The third kappa shape index (κ3) is 8.78. The lowest BCUT2D eigenvalue weighted by Gasteiger charge is -2.24. The fourth-order valence-electron chi connectivity index (χ4n) is 4.76. The van der Waals surface area contributed by atoms with E-state index >= 15 is 0 Å². The number of ketones is 1. The predicted octanol–water partition coefficient (Wildman–Crippen LogP) is 7.18. The van der Waals surface area contributed by atoms with Gasteiger partial charge in [0.2, 0.25) is 0 Å². The minimum atomic E-state index is -0.318. The van der Waals surface area contributed by atoms with E-state index in [0.717, 1.165) is 40.5 Å². The lowest BCUT2D eigenvalue weighted by Crippen LogP contribution is -2.26. The van der Waals surface area contributed by atoms with E-state index in [-0.39, 0.29) is 17.3 Å². The van der Waals surface area contributed by atoms with Crippen LogP contribution >= 0.6 is 11.6 Å². The lowest BCUT2D eigenvalue weighted by molar-refractivity contribution is -0.138. The van der Waals surface area contributed by atoms with E-state index < -0.39 is 0 Å². The number of pyridine rings is 1. The number of aromatic nitrogens is 1. The summed E-state index contributed by atoms with van der Waals surface area (Å²) >= 11 is 6.21. The van der Waals surface area contributed by atoms with E-state index in [2.05, 4.69) is 52.3 Å². The molecule has 0 spiro atoms. The molecular formula is C32H39ClN2O3. The molecule has 2 heterocycles. The molecule has 1 atom stereocenters. The first-order chi connectivity index (χ1) is 18.1. The first-order valence-corrected chi connectivity index (χ1v) is 13.6. The normalized spacial score (nSPS) is 14.7. The molecule has 6 heteroatoms. The molecule has 202 valence electrons. The summed E-state index contributed by atoms with van der Waals surface area (Å²) in [7, 11) is 0. The Bertz CT molecular complexity index is 1210. The quantitative estimate of drug-likeness (QED) is 0.257. The third-order valence-corrected chi connectivity index (χ3v) is 7.00. The standard InChI is InChI=1S/C27H29ClN2O.C5H10O2/c1-18-15-24(28)7-8-25(18)26(17-27(31)23-11-14-30-19(2)16-23)22-5-3-20(4-6-22)21-9-12-29-13-10-21;1-5(2,3)7-4-6/h3-8,11,14-16,21,26,29H,9-10,12-13,17H2,1-2H3;4H,1-3H3. The highest BCUT2D eigenvalue weighted by molar-refractivity contribution is 6.30. The van der Waals surface area contributed by atoms with Crippen molar-refractivity contribution in [2.75, 3.05) is 13.1 Å². The zero-order valence-corrected chi connectivity index (χ0v) is 23.8. The summed E-state index contributed by atoms with van der Waals surface area (Å²) in [5.41, 5.74) is 6.08. The number of carbonyl (C=O) groups is 2. The van der Waals surface area contributed by atoms with Crippen molar-refractivity contribution in [3.05, 3.63) is 99.3 Å². The minimum Gasteiger partial charge on any atom is -0.462 e. The molecule has 2 aromatic carbocycles. The first-order valence-electron chi connectivity index (χ1n) is 13.2. The van der Waals surface area contributed by atoms with Crippen LogP contribution in [-0.4, -0.2) is 35.9 Å². The summed E-state index contributed by atoms with van der Waals surface area (Å²) < 4.78 is 4.55. The van der Waals surface area contributed by atoms with E-state index in [1.165, 1.54) is 24.0 Å². The van der Waals surface area contributed by atoms with Gasteiger partial charge in [-0.15, -0.1) is 0 Å². The molecule has 1 aliphatic heterocycles. The van der Waals surface area contributed by atoms with Crippen molar-refractivity contribution >= 4 is 23.9 Å². The van der Waals surface area contributed by atoms with Crippen molar-refractivity contribution in [2.24, 2.45) is 0 Å². The van der Waals surface area contributed by atoms with Crippen molar-refractivity contribution in [3.63, 3.8) is 0 Å². The summed E-state index contributed by atoms with van der Waals surface area (Å²) in [5.74, 6) is 0.736. The SMILES string of the molecule is CC(C)(C)OC=O.Cc1cc(C(=O)CC(c2ccc(C3CCNCC3)cc2)c2ccc(Cl)cc2C)ccn1. The van der Waals surface area contributed by atoms with Crippen LogP contribution in [-0.2, 0) is 9.53 Å². The van der Waals surface area contributed by atoms with Crippen LogP contribution in [0, 0.1) is 13.8 Å². The Kier molecular flexibility index (Phi) is 10.6. The van der Waals surface area contributed by atoms with Gasteiger partial charge in [-0.1, -0.05) is 41.9 Å². The number of Topliss-reactive ketones (excluding diaryl/α,β-unsaturated/α-hetero) is 1. The number of hydrogen-bond acceptors (Lipinski definition) is 5. The number of aryl methyl sites for hydroxylation is 2. The number of carbonyl (C=O) groups excluding carboxylic acids is 2. The largest absolute Gasteiger partial charge is 0.462 e. The van der Waals surface area contributed by atoms with Gasteiger partial charge in [-0.2, -0.15) is 0 Å². The molecule has 5 nitrogen and oxygen atoms in total. The highest BCUT2D eigenvalue weighted by atomic mass is 35.5.